The highest BCUT2D eigenvalue weighted by molar-refractivity contribution is 7.92. The summed E-state index contributed by atoms with van der Waals surface area (Å²) in [6, 6.07) is 6.35. The Balaban J connectivity index is 2.22. The van der Waals surface area contributed by atoms with E-state index in [0.717, 1.165) is 51.0 Å². The number of amides is 1. The van der Waals surface area contributed by atoms with Crippen molar-refractivity contribution in [3.05, 3.63) is 64.2 Å². The molecule has 0 aliphatic heterocycles. The molecule has 0 spiro atoms. The summed E-state index contributed by atoms with van der Waals surface area (Å²) in [6.07, 6.45) is 0.901. The average Bonchev–Trinajstić information content (AvgIpc) is 2.57. The molecule has 5 nitrogen and oxygen atoms in total. The van der Waals surface area contributed by atoms with E-state index >= 15 is 0 Å². The van der Waals surface area contributed by atoms with Crippen molar-refractivity contribution in [2.24, 2.45) is 0 Å². The molecular weight excluding hydrogens is 386 g/mol. The van der Waals surface area contributed by atoms with Crippen molar-refractivity contribution < 1.29 is 22.0 Å². The molecule has 1 N–H and O–H groups in total. The summed E-state index contributed by atoms with van der Waals surface area (Å²) in [6.45, 7) is 7.17. The molecule has 0 radical (unpaired) electrons. The number of carbonyl (C=O) groups is 1. The minimum absolute atomic E-state index is 0.119. The van der Waals surface area contributed by atoms with Crippen LogP contribution in [-0.2, 0) is 14.8 Å². The van der Waals surface area contributed by atoms with Crippen molar-refractivity contribution in [1.82, 2.24) is 5.32 Å². The highest BCUT2D eigenvalue weighted by Crippen LogP contribution is 2.23. The normalized spacial score (nSPS) is 12.5. The van der Waals surface area contributed by atoms with Crippen LogP contribution >= 0.6 is 0 Å². The third-order valence-corrected chi connectivity index (χ3v) is 5.75. The summed E-state index contributed by atoms with van der Waals surface area (Å²) in [5.74, 6) is -2.84. The van der Waals surface area contributed by atoms with Crippen LogP contribution in [0.5, 0.6) is 0 Å². The molecule has 2 rings (SSSR count). The third kappa shape index (κ3) is 5.07. The van der Waals surface area contributed by atoms with Gasteiger partial charge in [-0.05, 0) is 62.1 Å². The van der Waals surface area contributed by atoms with Crippen LogP contribution in [-0.4, -0.2) is 27.1 Å². The minimum Gasteiger partial charge on any atom is -0.348 e. The van der Waals surface area contributed by atoms with Gasteiger partial charge in [-0.1, -0.05) is 12.1 Å². The molecule has 2 aromatic rings. The van der Waals surface area contributed by atoms with Gasteiger partial charge in [0.2, 0.25) is 15.9 Å². The molecule has 1 atom stereocenters. The van der Waals surface area contributed by atoms with Gasteiger partial charge in [-0.15, -0.1) is 0 Å². The Kier molecular flexibility index (Phi) is 6.44. The van der Waals surface area contributed by atoms with Crippen molar-refractivity contribution in [2.75, 3.05) is 17.1 Å². The maximum atomic E-state index is 13.5. The number of anilines is 1. The lowest BCUT2D eigenvalue weighted by Gasteiger charge is -2.24. The monoisotopic (exact) mass is 410 g/mol. The lowest BCUT2D eigenvalue weighted by Crippen LogP contribution is -2.41. The standard InChI is InChI=1S/C20H24F2N2O3S/c1-12-8-14(3)17(9-13(12)2)15(4)23-20(25)11-24(28(5,26)27)16-6-7-18(21)19(22)10-16/h6-10,15H,11H2,1-5H3,(H,23,25)/t15-/m1/s1. The predicted octanol–water partition coefficient (Wildman–Crippen LogP) is 3.53. The predicted molar refractivity (Wildman–Crippen MR) is 106 cm³/mol. The zero-order valence-electron chi connectivity index (χ0n) is 16.5. The van der Waals surface area contributed by atoms with E-state index in [0.29, 0.717) is 0 Å². The molecule has 0 saturated heterocycles. The summed E-state index contributed by atoms with van der Waals surface area (Å²) in [5.41, 5.74) is 4.04. The van der Waals surface area contributed by atoms with Gasteiger partial charge in [0, 0.05) is 6.07 Å². The van der Waals surface area contributed by atoms with Gasteiger partial charge in [0.1, 0.15) is 6.54 Å². The number of nitrogens with zero attached hydrogens (tertiary/aromatic N) is 1. The number of rotatable bonds is 6. The van der Waals surface area contributed by atoms with E-state index in [4.69, 9.17) is 0 Å². The van der Waals surface area contributed by atoms with Gasteiger partial charge in [0.25, 0.3) is 0 Å². The molecule has 28 heavy (non-hydrogen) atoms. The maximum absolute atomic E-state index is 13.5. The number of sulfonamides is 1. The molecule has 0 saturated carbocycles. The first-order chi connectivity index (χ1) is 12.9. The summed E-state index contributed by atoms with van der Waals surface area (Å²) in [4.78, 5) is 12.5. The van der Waals surface area contributed by atoms with Crippen LogP contribution in [0.1, 0.15) is 35.2 Å². The molecule has 0 unspecified atom stereocenters. The van der Waals surface area contributed by atoms with Crippen molar-refractivity contribution in [3.63, 3.8) is 0 Å². The molecule has 0 aromatic heterocycles. The van der Waals surface area contributed by atoms with Crippen molar-refractivity contribution in [1.29, 1.82) is 0 Å². The maximum Gasteiger partial charge on any atom is 0.241 e. The summed E-state index contributed by atoms with van der Waals surface area (Å²) in [7, 11) is -3.88. The smallest absolute Gasteiger partial charge is 0.241 e. The fourth-order valence-electron chi connectivity index (χ4n) is 2.98. The van der Waals surface area contributed by atoms with E-state index in [2.05, 4.69) is 5.32 Å². The first-order valence-corrected chi connectivity index (χ1v) is 10.5. The molecule has 0 fully saturated rings. The van der Waals surface area contributed by atoms with Gasteiger partial charge in [0.15, 0.2) is 11.6 Å². The van der Waals surface area contributed by atoms with Gasteiger partial charge in [-0.3, -0.25) is 9.10 Å². The SMILES string of the molecule is Cc1cc(C)c([C@@H](C)NC(=O)CN(c2ccc(F)c(F)c2)S(C)(=O)=O)cc1C. The molecule has 1 amide bonds. The van der Waals surface area contributed by atoms with Crippen LogP contribution in [0.3, 0.4) is 0 Å². The number of benzene rings is 2. The Morgan fingerprint density at radius 1 is 1.04 bits per heavy atom. The Bertz CT molecular complexity index is 1010. The second-order valence-electron chi connectivity index (χ2n) is 6.95. The number of carbonyl (C=O) groups excluding carboxylic acids is 1. The van der Waals surface area contributed by atoms with Crippen LogP contribution in [0.25, 0.3) is 0 Å². The van der Waals surface area contributed by atoms with Crippen molar-refractivity contribution in [2.45, 2.75) is 33.7 Å². The number of aryl methyl sites for hydroxylation is 3. The fourth-order valence-corrected chi connectivity index (χ4v) is 3.83. The minimum atomic E-state index is -3.88. The van der Waals surface area contributed by atoms with E-state index < -0.39 is 34.1 Å². The summed E-state index contributed by atoms with van der Waals surface area (Å²) < 4.78 is 51.6. The van der Waals surface area contributed by atoms with Gasteiger partial charge >= 0.3 is 0 Å². The van der Waals surface area contributed by atoms with Crippen molar-refractivity contribution >= 4 is 21.6 Å². The molecule has 8 heteroatoms. The highest BCUT2D eigenvalue weighted by atomic mass is 32.2. The van der Waals surface area contributed by atoms with Crippen molar-refractivity contribution in [3.8, 4) is 0 Å². The number of halogens is 2. The van der Waals surface area contributed by atoms with E-state index in [1.54, 1.807) is 6.92 Å². The van der Waals surface area contributed by atoms with Gasteiger partial charge in [-0.25, -0.2) is 17.2 Å². The molecule has 0 bridgehead atoms. The van der Waals surface area contributed by atoms with Gasteiger partial charge in [0.05, 0.1) is 18.0 Å². The molecule has 2 aromatic carbocycles. The molecule has 0 aliphatic rings. The van der Waals surface area contributed by atoms with E-state index in [9.17, 15) is 22.0 Å². The van der Waals surface area contributed by atoms with E-state index in [1.807, 2.05) is 32.9 Å². The number of nitrogens with one attached hydrogen (secondary N) is 1. The quantitative estimate of drug-likeness (QED) is 0.792. The Morgan fingerprint density at radius 2 is 1.64 bits per heavy atom. The first kappa shape index (κ1) is 21.8. The lowest BCUT2D eigenvalue weighted by atomic mass is 9.96. The largest absolute Gasteiger partial charge is 0.348 e. The highest BCUT2D eigenvalue weighted by Gasteiger charge is 2.23. The number of hydrogen-bond acceptors (Lipinski definition) is 3. The van der Waals surface area contributed by atoms with Crippen LogP contribution in [0.15, 0.2) is 30.3 Å². The zero-order valence-corrected chi connectivity index (χ0v) is 17.3. The Hall–Kier alpha value is -2.48. The van der Waals surface area contributed by atoms with Crippen LogP contribution < -0.4 is 9.62 Å². The zero-order chi connectivity index (χ0) is 21.2. The molecule has 0 heterocycles. The lowest BCUT2D eigenvalue weighted by molar-refractivity contribution is -0.120. The molecule has 152 valence electrons. The number of hydrogen-bond donors (Lipinski definition) is 1. The Labute approximate surface area is 164 Å². The van der Waals surface area contributed by atoms with Crippen LogP contribution in [0, 0.1) is 32.4 Å². The topological polar surface area (TPSA) is 66.5 Å². The van der Waals surface area contributed by atoms with Gasteiger partial charge < -0.3 is 5.32 Å². The molecule has 0 aliphatic carbocycles. The van der Waals surface area contributed by atoms with Crippen LogP contribution in [0.2, 0.25) is 0 Å². The Morgan fingerprint density at radius 3 is 2.21 bits per heavy atom. The summed E-state index contributed by atoms with van der Waals surface area (Å²) >= 11 is 0. The van der Waals surface area contributed by atoms with E-state index in [-0.39, 0.29) is 11.7 Å². The van der Waals surface area contributed by atoms with Crippen LogP contribution in [0.4, 0.5) is 14.5 Å². The second-order valence-corrected chi connectivity index (χ2v) is 8.86. The average molecular weight is 410 g/mol. The third-order valence-electron chi connectivity index (χ3n) is 4.61. The fraction of sp³-hybridized carbons (Fsp3) is 0.350. The summed E-state index contributed by atoms with van der Waals surface area (Å²) in [5, 5.41) is 2.77. The van der Waals surface area contributed by atoms with E-state index in [1.165, 1.54) is 0 Å². The second kappa shape index (κ2) is 8.26. The molecular formula is C20H24F2N2O3S. The van der Waals surface area contributed by atoms with Gasteiger partial charge in [-0.2, -0.15) is 0 Å². The first-order valence-electron chi connectivity index (χ1n) is 8.70.